The van der Waals surface area contributed by atoms with Crippen molar-refractivity contribution in [2.45, 2.75) is 19.5 Å². The minimum atomic E-state index is -0.0219. The van der Waals surface area contributed by atoms with Crippen LogP contribution >= 0.6 is 11.3 Å². The normalized spacial score (nSPS) is 10.8. The van der Waals surface area contributed by atoms with Crippen LogP contribution in [-0.4, -0.2) is 37.6 Å². The number of nitrogens with zero attached hydrogens (tertiary/aromatic N) is 5. The molecule has 6 nitrogen and oxygen atoms in total. The van der Waals surface area contributed by atoms with Crippen LogP contribution in [0, 0.1) is 0 Å². The molecule has 146 valence electrons. The highest BCUT2D eigenvalue weighted by atomic mass is 32.1. The molecule has 0 aliphatic rings. The van der Waals surface area contributed by atoms with E-state index in [0.717, 1.165) is 16.9 Å². The number of hydrogen-bond donors (Lipinski definition) is 0. The quantitative estimate of drug-likeness (QED) is 0.450. The summed E-state index contributed by atoms with van der Waals surface area (Å²) >= 11 is 1.65. The molecule has 0 saturated carbocycles. The van der Waals surface area contributed by atoms with E-state index in [-0.39, 0.29) is 12.5 Å². The molecule has 1 amide bonds. The Morgan fingerprint density at radius 1 is 0.966 bits per heavy atom. The molecule has 2 aromatic heterocycles. The maximum atomic E-state index is 13.0. The van der Waals surface area contributed by atoms with Gasteiger partial charge < -0.3 is 4.90 Å². The van der Waals surface area contributed by atoms with E-state index in [0.29, 0.717) is 18.9 Å². The van der Waals surface area contributed by atoms with Crippen molar-refractivity contribution in [3.63, 3.8) is 0 Å². The molecular weight excluding hydrogens is 382 g/mol. The van der Waals surface area contributed by atoms with E-state index in [1.54, 1.807) is 11.3 Å². The van der Waals surface area contributed by atoms with Crippen molar-refractivity contribution in [2.75, 3.05) is 6.54 Å². The number of carbonyl (C=O) groups is 1. The van der Waals surface area contributed by atoms with Crippen LogP contribution in [0.25, 0.3) is 11.4 Å². The summed E-state index contributed by atoms with van der Waals surface area (Å²) < 4.78 is 0. The van der Waals surface area contributed by atoms with Gasteiger partial charge in [-0.05, 0) is 28.6 Å². The maximum absolute atomic E-state index is 13.0. The molecule has 0 aliphatic carbocycles. The Morgan fingerprint density at radius 3 is 2.45 bits per heavy atom. The van der Waals surface area contributed by atoms with Crippen molar-refractivity contribution in [2.24, 2.45) is 0 Å². The first-order valence-corrected chi connectivity index (χ1v) is 10.3. The molecule has 0 bridgehead atoms. The second kappa shape index (κ2) is 9.25. The summed E-state index contributed by atoms with van der Waals surface area (Å²) in [5, 5.41) is 14.5. The van der Waals surface area contributed by atoms with Gasteiger partial charge in [0.25, 0.3) is 0 Å². The molecule has 7 heteroatoms. The van der Waals surface area contributed by atoms with Gasteiger partial charge in [0.15, 0.2) is 0 Å². The van der Waals surface area contributed by atoms with Crippen molar-refractivity contribution < 1.29 is 4.79 Å². The van der Waals surface area contributed by atoms with Gasteiger partial charge in [0.05, 0.1) is 6.54 Å². The lowest BCUT2D eigenvalue weighted by molar-refractivity contribution is -0.132. The summed E-state index contributed by atoms with van der Waals surface area (Å²) in [5.74, 6) is 0.499. The molecule has 4 aromatic rings. The number of amides is 1. The minimum absolute atomic E-state index is 0.0219. The summed E-state index contributed by atoms with van der Waals surface area (Å²) in [5.41, 5.74) is 2.09. The average molecular weight is 404 g/mol. The number of aromatic nitrogens is 4. The minimum Gasteiger partial charge on any atom is -0.336 e. The van der Waals surface area contributed by atoms with Gasteiger partial charge in [0.1, 0.15) is 6.54 Å². The third-order valence-electron chi connectivity index (χ3n) is 4.55. The van der Waals surface area contributed by atoms with Crippen molar-refractivity contribution in [1.82, 2.24) is 25.1 Å². The smallest absolute Gasteiger partial charge is 0.246 e. The SMILES string of the molecule is O=C(Cn1nnc(-c2ccccc2)n1)N(CCc1ccccc1)Cc1cccs1. The molecule has 0 fully saturated rings. The molecular formula is C22H21N5OS. The van der Waals surface area contributed by atoms with Crippen LogP contribution in [0.5, 0.6) is 0 Å². The number of tetrazole rings is 1. The van der Waals surface area contributed by atoms with E-state index in [2.05, 4.69) is 33.6 Å². The van der Waals surface area contributed by atoms with Crippen molar-refractivity contribution >= 4 is 17.2 Å². The van der Waals surface area contributed by atoms with Gasteiger partial charge >= 0.3 is 0 Å². The number of hydrogen-bond acceptors (Lipinski definition) is 5. The average Bonchev–Trinajstić information content (AvgIpc) is 3.44. The van der Waals surface area contributed by atoms with Crippen LogP contribution in [0.15, 0.2) is 78.2 Å². The van der Waals surface area contributed by atoms with Crippen LogP contribution < -0.4 is 0 Å². The lowest BCUT2D eigenvalue weighted by atomic mass is 10.1. The largest absolute Gasteiger partial charge is 0.336 e. The molecule has 4 rings (SSSR count). The van der Waals surface area contributed by atoms with Gasteiger partial charge in [0, 0.05) is 17.0 Å². The first kappa shape index (κ1) is 19.0. The van der Waals surface area contributed by atoms with Crippen molar-refractivity contribution in [1.29, 1.82) is 0 Å². The van der Waals surface area contributed by atoms with Crippen molar-refractivity contribution in [3.05, 3.63) is 88.6 Å². The predicted molar refractivity (Wildman–Crippen MR) is 113 cm³/mol. The van der Waals surface area contributed by atoms with E-state index < -0.39 is 0 Å². The second-order valence-electron chi connectivity index (χ2n) is 6.64. The Hall–Kier alpha value is -3.32. The molecule has 0 aliphatic heterocycles. The lowest BCUT2D eigenvalue weighted by Gasteiger charge is -2.22. The number of carbonyl (C=O) groups excluding carboxylic acids is 1. The van der Waals surface area contributed by atoms with Crippen LogP contribution in [0.1, 0.15) is 10.4 Å². The van der Waals surface area contributed by atoms with E-state index in [4.69, 9.17) is 0 Å². The third kappa shape index (κ3) is 5.14. The monoisotopic (exact) mass is 403 g/mol. The summed E-state index contributed by atoms with van der Waals surface area (Å²) in [4.78, 5) is 17.4. The first-order valence-electron chi connectivity index (χ1n) is 9.45. The first-order chi connectivity index (χ1) is 14.3. The zero-order valence-electron chi connectivity index (χ0n) is 15.9. The Labute approximate surface area is 173 Å². The molecule has 29 heavy (non-hydrogen) atoms. The van der Waals surface area contributed by atoms with E-state index in [1.807, 2.05) is 64.9 Å². The van der Waals surface area contributed by atoms with Crippen LogP contribution in [0.4, 0.5) is 0 Å². The molecule has 0 unspecified atom stereocenters. The zero-order chi connectivity index (χ0) is 19.9. The molecule has 0 radical (unpaired) electrons. The zero-order valence-corrected chi connectivity index (χ0v) is 16.7. The maximum Gasteiger partial charge on any atom is 0.246 e. The summed E-state index contributed by atoms with van der Waals surface area (Å²) in [7, 11) is 0. The topological polar surface area (TPSA) is 63.9 Å². The molecule has 2 aromatic carbocycles. The predicted octanol–water partition coefficient (Wildman–Crippen LogP) is 3.67. The highest BCUT2D eigenvalue weighted by Crippen LogP contribution is 2.14. The molecule has 0 saturated heterocycles. The number of thiophene rings is 1. The lowest BCUT2D eigenvalue weighted by Crippen LogP contribution is -2.35. The van der Waals surface area contributed by atoms with Crippen molar-refractivity contribution in [3.8, 4) is 11.4 Å². The Bertz CT molecular complexity index is 1030. The van der Waals surface area contributed by atoms with Gasteiger partial charge in [-0.15, -0.1) is 21.5 Å². The highest BCUT2D eigenvalue weighted by Gasteiger charge is 2.17. The van der Waals surface area contributed by atoms with E-state index in [1.165, 1.54) is 10.4 Å². The van der Waals surface area contributed by atoms with Gasteiger partial charge in [-0.3, -0.25) is 4.79 Å². The fraction of sp³-hybridized carbons (Fsp3) is 0.182. The van der Waals surface area contributed by atoms with Gasteiger partial charge in [-0.1, -0.05) is 66.7 Å². The van der Waals surface area contributed by atoms with Gasteiger partial charge in [0.2, 0.25) is 11.7 Å². The fourth-order valence-corrected chi connectivity index (χ4v) is 3.74. The fourth-order valence-electron chi connectivity index (χ4n) is 3.03. The Balaban J connectivity index is 1.45. The van der Waals surface area contributed by atoms with Gasteiger partial charge in [-0.2, -0.15) is 4.80 Å². The van der Waals surface area contributed by atoms with Crippen LogP contribution in [0.3, 0.4) is 0 Å². The van der Waals surface area contributed by atoms with E-state index >= 15 is 0 Å². The molecule has 0 spiro atoms. The summed E-state index contributed by atoms with van der Waals surface area (Å²) in [6, 6.07) is 23.9. The summed E-state index contributed by atoms with van der Waals surface area (Å²) in [6.07, 6.45) is 0.804. The highest BCUT2D eigenvalue weighted by molar-refractivity contribution is 7.09. The third-order valence-corrected chi connectivity index (χ3v) is 5.42. The molecule has 0 N–H and O–H groups in total. The Kier molecular flexibility index (Phi) is 6.07. The second-order valence-corrected chi connectivity index (χ2v) is 7.67. The number of rotatable bonds is 8. The number of benzene rings is 2. The van der Waals surface area contributed by atoms with Crippen LogP contribution in [-0.2, 0) is 24.3 Å². The van der Waals surface area contributed by atoms with Gasteiger partial charge in [-0.25, -0.2) is 0 Å². The molecule has 2 heterocycles. The standard InChI is InChI=1S/C22H21N5OS/c28-21(17-27-24-22(23-25-27)19-10-5-2-6-11-19)26(16-20-12-7-15-29-20)14-13-18-8-3-1-4-9-18/h1-12,15H,13-14,16-17H2. The van der Waals surface area contributed by atoms with E-state index in [9.17, 15) is 4.79 Å². The molecule has 0 atom stereocenters. The van der Waals surface area contributed by atoms with Crippen LogP contribution in [0.2, 0.25) is 0 Å². The summed E-state index contributed by atoms with van der Waals surface area (Å²) in [6.45, 7) is 1.30. The Morgan fingerprint density at radius 2 is 1.72 bits per heavy atom.